The first-order valence-corrected chi connectivity index (χ1v) is 7.25. The average Bonchev–Trinajstić information content (AvgIpc) is 2.77. The van der Waals surface area contributed by atoms with Crippen molar-refractivity contribution in [3.05, 3.63) is 35.4 Å². The molecule has 1 aliphatic rings. The fourth-order valence-corrected chi connectivity index (χ4v) is 3.34. The highest BCUT2D eigenvalue weighted by Crippen LogP contribution is 2.46. The van der Waals surface area contributed by atoms with Crippen molar-refractivity contribution in [3.8, 4) is 0 Å². The molecule has 0 radical (unpaired) electrons. The van der Waals surface area contributed by atoms with Crippen LogP contribution in [0.25, 0.3) is 0 Å². The van der Waals surface area contributed by atoms with Crippen LogP contribution < -0.4 is 5.73 Å². The fourth-order valence-electron chi connectivity index (χ4n) is 3.34. The Balaban J connectivity index is 2.10. The second-order valence-corrected chi connectivity index (χ2v) is 6.35. The number of rotatable bonds is 5. The normalized spacial score (nSPS) is 20.1. The third-order valence-corrected chi connectivity index (χ3v) is 4.83. The van der Waals surface area contributed by atoms with E-state index in [1.54, 1.807) is 6.92 Å². The molecule has 0 spiro atoms. The molecule has 1 aromatic rings. The monoisotopic (exact) mass is 301 g/mol. The van der Waals surface area contributed by atoms with E-state index in [9.17, 15) is 18.3 Å². The predicted octanol–water partition coefficient (Wildman–Crippen LogP) is 3.21. The summed E-state index contributed by atoms with van der Waals surface area (Å²) in [6.07, 6.45) is -3.76. The van der Waals surface area contributed by atoms with Crippen LogP contribution in [-0.2, 0) is 12.8 Å². The Morgan fingerprint density at radius 1 is 1.14 bits per heavy atom. The van der Waals surface area contributed by atoms with Crippen molar-refractivity contribution in [2.24, 2.45) is 11.1 Å². The SMILES string of the molecule is CC(O)(CCCC(F)(F)F)C1(CN)Cc2ccccc2C1. The molecule has 0 heterocycles. The maximum atomic E-state index is 12.3. The number of alkyl halides is 3. The minimum Gasteiger partial charge on any atom is -0.390 e. The van der Waals surface area contributed by atoms with Crippen molar-refractivity contribution < 1.29 is 18.3 Å². The molecule has 2 rings (SSSR count). The molecule has 1 aliphatic carbocycles. The second kappa shape index (κ2) is 5.61. The Bertz CT molecular complexity index is 472. The highest BCUT2D eigenvalue weighted by molar-refractivity contribution is 5.36. The molecular formula is C16H22F3NO. The standard InChI is InChI=1S/C16H22F3NO/c1-14(21,7-4-8-16(17,18)19)15(11-20)9-12-5-2-3-6-13(12)10-15/h2-3,5-6,21H,4,7-11,20H2,1H3. The molecule has 0 saturated heterocycles. The Morgan fingerprint density at radius 3 is 2.10 bits per heavy atom. The third-order valence-electron chi connectivity index (χ3n) is 4.83. The highest BCUT2D eigenvalue weighted by atomic mass is 19.4. The summed E-state index contributed by atoms with van der Waals surface area (Å²) >= 11 is 0. The number of fused-ring (bicyclic) bond motifs is 1. The van der Waals surface area contributed by atoms with Gasteiger partial charge in [-0.3, -0.25) is 0 Å². The summed E-state index contributed by atoms with van der Waals surface area (Å²) in [5, 5.41) is 10.8. The Morgan fingerprint density at radius 2 is 1.67 bits per heavy atom. The van der Waals surface area contributed by atoms with Crippen LogP contribution in [0.15, 0.2) is 24.3 Å². The van der Waals surface area contributed by atoms with Crippen molar-refractivity contribution in [3.63, 3.8) is 0 Å². The summed E-state index contributed by atoms with van der Waals surface area (Å²) < 4.78 is 36.9. The van der Waals surface area contributed by atoms with E-state index >= 15 is 0 Å². The van der Waals surface area contributed by atoms with E-state index in [0.29, 0.717) is 12.8 Å². The summed E-state index contributed by atoms with van der Waals surface area (Å²) in [6.45, 7) is 1.89. The van der Waals surface area contributed by atoms with Gasteiger partial charge in [-0.2, -0.15) is 13.2 Å². The molecule has 2 nitrogen and oxygen atoms in total. The van der Waals surface area contributed by atoms with E-state index in [0.717, 1.165) is 11.1 Å². The maximum absolute atomic E-state index is 12.3. The van der Waals surface area contributed by atoms with Crippen molar-refractivity contribution in [2.45, 2.75) is 50.8 Å². The summed E-state index contributed by atoms with van der Waals surface area (Å²) in [7, 11) is 0. The lowest BCUT2D eigenvalue weighted by molar-refractivity contribution is -0.141. The molecule has 0 saturated carbocycles. The lowest BCUT2D eigenvalue weighted by Crippen LogP contribution is -2.51. The smallest absolute Gasteiger partial charge is 0.389 e. The first-order valence-electron chi connectivity index (χ1n) is 7.25. The summed E-state index contributed by atoms with van der Waals surface area (Å²) in [6, 6.07) is 7.87. The molecule has 3 N–H and O–H groups in total. The van der Waals surface area contributed by atoms with E-state index in [4.69, 9.17) is 5.73 Å². The maximum Gasteiger partial charge on any atom is 0.389 e. The predicted molar refractivity (Wildman–Crippen MR) is 75.9 cm³/mol. The second-order valence-electron chi connectivity index (χ2n) is 6.35. The molecule has 0 bridgehead atoms. The van der Waals surface area contributed by atoms with E-state index in [1.165, 1.54) is 0 Å². The van der Waals surface area contributed by atoms with Crippen LogP contribution in [0.1, 0.15) is 37.3 Å². The molecule has 1 aromatic carbocycles. The highest BCUT2D eigenvalue weighted by Gasteiger charge is 2.49. The quantitative estimate of drug-likeness (QED) is 0.877. The fraction of sp³-hybridized carbons (Fsp3) is 0.625. The van der Waals surface area contributed by atoms with Crippen LogP contribution in [-0.4, -0.2) is 23.4 Å². The molecule has 5 heteroatoms. The van der Waals surface area contributed by atoms with Gasteiger partial charge in [-0.1, -0.05) is 24.3 Å². The van der Waals surface area contributed by atoms with Gasteiger partial charge in [0.2, 0.25) is 0 Å². The average molecular weight is 301 g/mol. The molecule has 1 atom stereocenters. The van der Waals surface area contributed by atoms with E-state index in [-0.39, 0.29) is 19.4 Å². The minimum absolute atomic E-state index is 0.0748. The van der Waals surface area contributed by atoms with Crippen LogP contribution in [0, 0.1) is 5.41 Å². The van der Waals surface area contributed by atoms with E-state index in [1.807, 2.05) is 24.3 Å². The van der Waals surface area contributed by atoms with Gasteiger partial charge in [0.1, 0.15) is 0 Å². The van der Waals surface area contributed by atoms with Crippen LogP contribution in [0.5, 0.6) is 0 Å². The molecule has 1 unspecified atom stereocenters. The first-order chi connectivity index (χ1) is 9.69. The zero-order valence-electron chi connectivity index (χ0n) is 12.2. The van der Waals surface area contributed by atoms with E-state index in [2.05, 4.69) is 0 Å². The van der Waals surface area contributed by atoms with Gasteiger partial charge in [0.05, 0.1) is 5.60 Å². The van der Waals surface area contributed by atoms with Gasteiger partial charge in [0, 0.05) is 18.4 Å². The summed E-state index contributed by atoms with van der Waals surface area (Å²) in [4.78, 5) is 0. The molecular weight excluding hydrogens is 279 g/mol. The largest absolute Gasteiger partial charge is 0.390 e. The van der Waals surface area contributed by atoms with Crippen molar-refractivity contribution in [1.82, 2.24) is 0 Å². The van der Waals surface area contributed by atoms with Crippen molar-refractivity contribution >= 4 is 0 Å². The van der Waals surface area contributed by atoms with Crippen molar-refractivity contribution in [1.29, 1.82) is 0 Å². The topological polar surface area (TPSA) is 46.2 Å². The van der Waals surface area contributed by atoms with Crippen molar-refractivity contribution in [2.75, 3.05) is 6.54 Å². The van der Waals surface area contributed by atoms with Gasteiger partial charge in [-0.15, -0.1) is 0 Å². The number of halogens is 3. The Hall–Kier alpha value is -1.07. The number of nitrogens with two attached hydrogens (primary N) is 1. The lowest BCUT2D eigenvalue weighted by atomic mass is 9.68. The van der Waals surface area contributed by atoms with Gasteiger partial charge in [0.25, 0.3) is 0 Å². The Labute approximate surface area is 123 Å². The first kappa shape index (κ1) is 16.3. The molecule has 0 aliphatic heterocycles. The number of hydrogen-bond donors (Lipinski definition) is 2. The van der Waals surface area contributed by atoms with Gasteiger partial charge in [-0.25, -0.2) is 0 Å². The number of aliphatic hydroxyl groups is 1. The van der Waals surface area contributed by atoms with Gasteiger partial charge in [0.15, 0.2) is 0 Å². The summed E-state index contributed by atoms with van der Waals surface area (Å²) in [5.41, 5.74) is 6.42. The number of hydrogen-bond acceptors (Lipinski definition) is 2. The van der Waals surface area contributed by atoms with Gasteiger partial charge >= 0.3 is 6.18 Å². The molecule has 0 amide bonds. The minimum atomic E-state index is -4.18. The van der Waals surface area contributed by atoms with Crippen LogP contribution >= 0.6 is 0 Å². The number of benzene rings is 1. The van der Waals surface area contributed by atoms with Gasteiger partial charge < -0.3 is 10.8 Å². The van der Waals surface area contributed by atoms with Crippen LogP contribution in [0.4, 0.5) is 13.2 Å². The lowest BCUT2D eigenvalue weighted by Gasteiger charge is -2.42. The summed E-state index contributed by atoms with van der Waals surface area (Å²) in [5.74, 6) is 0. The molecule has 21 heavy (non-hydrogen) atoms. The molecule has 0 aromatic heterocycles. The van der Waals surface area contributed by atoms with Gasteiger partial charge in [-0.05, 0) is 43.7 Å². The van der Waals surface area contributed by atoms with E-state index < -0.39 is 23.6 Å². The zero-order chi connectivity index (χ0) is 15.7. The van der Waals surface area contributed by atoms with Crippen LogP contribution in [0.3, 0.4) is 0 Å². The Kier molecular flexibility index (Phi) is 4.36. The zero-order valence-corrected chi connectivity index (χ0v) is 12.2. The third kappa shape index (κ3) is 3.40. The molecule has 118 valence electrons. The van der Waals surface area contributed by atoms with Crippen LogP contribution in [0.2, 0.25) is 0 Å². The molecule has 0 fully saturated rings.